The van der Waals surface area contributed by atoms with Crippen LogP contribution in [0.15, 0.2) is 11.1 Å². The zero-order valence-electron chi connectivity index (χ0n) is 16.5. The minimum absolute atomic E-state index is 0.133. The highest BCUT2D eigenvalue weighted by atomic mass is 16.6. The van der Waals surface area contributed by atoms with Crippen molar-refractivity contribution in [3.63, 3.8) is 0 Å². The van der Waals surface area contributed by atoms with Crippen LogP contribution in [0.25, 0.3) is 0 Å². The van der Waals surface area contributed by atoms with Gasteiger partial charge in [0.2, 0.25) is 0 Å². The van der Waals surface area contributed by atoms with E-state index in [2.05, 4.69) is 11.8 Å². The van der Waals surface area contributed by atoms with E-state index >= 15 is 0 Å². The number of likely N-dealkylation sites (tertiary alicyclic amines) is 1. The largest absolute Gasteiger partial charge is 0.450 e. The van der Waals surface area contributed by atoms with Crippen molar-refractivity contribution in [1.29, 1.82) is 0 Å². The van der Waals surface area contributed by atoms with Gasteiger partial charge in [-0.1, -0.05) is 6.92 Å². The number of hydrogen-bond acceptors (Lipinski definition) is 6. The lowest BCUT2D eigenvalue weighted by Gasteiger charge is -2.41. The van der Waals surface area contributed by atoms with Gasteiger partial charge in [-0.3, -0.25) is 4.79 Å². The Morgan fingerprint density at radius 3 is 2.19 bits per heavy atom. The topological polar surface area (TPSA) is 79.4 Å². The molecule has 0 aromatic carbocycles. The lowest BCUT2D eigenvalue weighted by Crippen LogP contribution is -2.54. The van der Waals surface area contributed by atoms with Gasteiger partial charge in [0, 0.05) is 57.7 Å². The van der Waals surface area contributed by atoms with Gasteiger partial charge in [-0.15, -0.1) is 0 Å². The van der Waals surface area contributed by atoms with E-state index in [9.17, 15) is 14.4 Å². The quantitative estimate of drug-likeness (QED) is 0.681. The summed E-state index contributed by atoms with van der Waals surface area (Å²) in [5.41, 5.74) is 0.160. The van der Waals surface area contributed by atoms with Crippen molar-refractivity contribution in [2.75, 3.05) is 52.4 Å². The maximum atomic E-state index is 13.3. The molecule has 3 heterocycles. The minimum Gasteiger partial charge on any atom is -0.450 e. The molecule has 0 radical (unpaired) electrons. The summed E-state index contributed by atoms with van der Waals surface area (Å²) >= 11 is 0. The summed E-state index contributed by atoms with van der Waals surface area (Å²) < 4.78 is 10.8. The fourth-order valence-corrected chi connectivity index (χ4v) is 4.15. The molecule has 2 saturated heterocycles. The van der Waals surface area contributed by atoms with Gasteiger partial charge in [-0.25, -0.2) is 9.59 Å². The van der Waals surface area contributed by atoms with E-state index in [4.69, 9.17) is 9.47 Å². The van der Waals surface area contributed by atoms with Crippen LogP contribution in [-0.2, 0) is 19.1 Å². The maximum absolute atomic E-state index is 13.3. The Labute approximate surface area is 160 Å². The molecule has 1 spiro atoms. The average Bonchev–Trinajstić information content (AvgIpc) is 2.92. The first-order valence-corrected chi connectivity index (χ1v) is 9.80. The summed E-state index contributed by atoms with van der Waals surface area (Å²) in [4.78, 5) is 43.0. The van der Waals surface area contributed by atoms with Crippen molar-refractivity contribution in [1.82, 2.24) is 14.7 Å². The molecule has 0 aliphatic carbocycles. The van der Waals surface area contributed by atoms with Crippen molar-refractivity contribution in [3.05, 3.63) is 11.1 Å². The smallest absolute Gasteiger partial charge is 0.409 e. The molecule has 0 aromatic rings. The predicted molar refractivity (Wildman–Crippen MR) is 98.0 cm³/mol. The van der Waals surface area contributed by atoms with Crippen LogP contribution < -0.4 is 0 Å². The number of hydrogen-bond donors (Lipinski definition) is 0. The zero-order chi connectivity index (χ0) is 19.6. The number of carbonyl (C=O) groups excluding carboxylic acids is 3. The van der Waals surface area contributed by atoms with Crippen LogP contribution in [0.5, 0.6) is 0 Å². The monoisotopic (exact) mass is 379 g/mol. The molecule has 3 aliphatic rings. The zero-order valence-corrected chi connectivity index (χ0v) is 16.5. The normalized spacial score (nSPS) is 23.0. The molecular formula is C19H29N3O5. The van der Waals surface area contributed by atoms with Crippen LogP contribution in [0.3, 0.4) is 0 Å². The van der Waals surface area contributed by atoms with E-state index in [0.29, 0.717) is 56.8 Å². The number of carbonyl (C=O) groups is 3. The van der Waals surface area contributed by atoms with Crippen molar-refractivity contribution in [3.8, 4) is 0 Å². The molecule has 0 N–H and O–H groups in total. The van der Waals surface area contributed by atoms with Crippen LogP contribution in [0.2, 0.25) is 0 Å². The number of piperazine rings is 1. The second kappa shape index (κ2) is 7.88. The summed E-state index contributed by atoms with van der Waals surface area (Å²) in [6, 6.07) is 0. The molecule has 0 unspecified atom stereocenters. The van der Waals surface area contributed by atoms with E-state index in [0.717, 1.165) is 19.6 Å². The average molecular weight is 379 g/mol. The highest BCUT2D eigenvalue weighted by Crippen LogP contribution is 2.41. The molecule has 0 aromatic heterocycles. The summed E-state index contributed by atoms with van der Waals surface area (Å²) in [5.74, 6) is -0.514. The number of piperidine rings is 1. The molecule has 3 aliphatic heterocycles. The SMILES string of the molecule is CCOC(=O)N1CCN(C(=O)C2=C(C)C(=O)OC23CCN(CC)CC3)CC1. The summed E-state index contributed by atoms with van der Waals surface area (Å²) in [5, 5.41) is 0. The van der Waals surface area contributed by atoms with Gasteiger partial charge < -0.3 is 24.2 Å². The second-order valence-corrected chi connectivity index (χ2v) is 7.30. The molecule has 27 heavy (non-hydrogen) atoms. The van der Waals surface area contributed by atoms with Gasteiger partial charge >= 0.3 is 12.1 Å². The van der Waals surface area contributed by atoms with Crippen molar-refractivity contribution in [2.45, 2.75) is 39.2 Å². The highest BCUT2D eigenvalue weighted by molar-refractivity contribution is 6.07. The minimum atomic E-state index is -0.789. The third-order valence-corrected chi connectivity index (χ3v) is 5.84. The van der Waals surface area contributed by atoms with Crippen molar-refractivity contribution >= 4 is 18.0 Å². The number of amides is 2. The summed E-state index contributed by atoms with van der Waals surface area (Å²) in [6.45, 7) is 10.2. The number of rotatable bonds is 3. The van der Waals surface area contributed by atoms with Crippen LogP contribution in [0, 0.1) is 0 Å². The first-order chi connectivity index (χ1) is 12.9. The van der Waals surface area contributed by atoms with Crippen LogP contribution >= 0.6 is 0 Å². The van der Waals surface area contributed by atoms with E-state index in [1.165, 1.54) is 0 Å². The lowest BCUT2D eigenvalue weighted by atomic mass is 9.82. The van der Waals surface area contributed by atoms with E-state index in [-0.39, 0.29) is 18.0 Å². The molecule has 0 saturated carbocycles. The van der Waals surface area contributed by atoms with Crippen LogP contribution in [-0.4, -0.2) is 90.7 Å². The third kappa shape index (κ3) is 3.67. The molecule has 0 bridgehead atoms. The van der Waals surface area contributed by atoms with Gasteiger partial charge in [0.05, 0.1) is 12.2 Å². The van der Waals surface area contributed by atoms with E-state index < -0.39 is 5.60 Å². The van der Waals surface area contributed by atoms with Crippen LogP contribution in [0.1, 0.15) is 33.6 Å². The van der Waals surface area contributed by atoms with Gasteiger partial charge in [0.25, 0.3) is 5.91 Å². The number of nitrogens with zero attached hydrogens (tertiary/aromatic N) is 3. The first-order valence-electron chi connectivity index (χ1n) is 9.80. The predicted octanol–water partition coefficient (Wildman–Crippen LogP) is 1.01. The maximum Gasteiger partial charge on any atom is 0.409 e. The Hall–Kier alpha value is -2.09. The molecule has 0 atom stereocenters. The van der Waals surface area contributed by atoms with Gasteiger partial charge in [-0.05, 0) is 20.4 Å². The van der Waals surface area contributed by atoms with Crippen LogP contribution in [0.4, 0.5) is 4.79 Å². The highest BCUT2D eigenvalue weighted by Gasteiger charge is 2.51. The fraction of sp³-hybridized carbons (Fsp3) is 0.737. The van der Waals surface area contributed by atoms with E-state index in [1.54, 1.807) is 23.6 Å². The molecule has 8 heteroatoms. The summed E-state index contributed by atoms with van der Waals surface area (Å²) in [6.07, 6.45) is 0.949. The Morgan fingerprint density at radius 1 is 1.04 bits per heavy atom. The van der Waals surface area contributed by atoms with Crippen molar-refractivity contribution < 1.29 is 23.9 Å². The third-order valence-electron chi connectivity index (χ3n) is 5.84. The number of esters is 1. The van der Waals surface area contributed by atoms with Gasteiger partial charge in [0.15, 0.2) is 0 Å². The second-order valence-electron chi connectivity index (χ2n) is 7.30. The molecule has 2 fully saturated rings. The molecule has 8 nitrogen and oxygen atoms in total. The fourth-order valence-electron chi connectivity index (χ4n) is 4.15. The van der Waals surface area contributed by atoms with Crippen molar-refractivity contribution in [2.24, 2.45) is 0 Å². The van der Waals surface area contributed by atoms with Gasteiger partial charge in [0.1, 0.15) is 5.60 Å². The Bertz CT molecular complexity index is 644. The Balaban J connectivity index is 1.71. The van der Waals surface area contributed by atoms with Gasteiger partial charge in [-0.2, -0.15) is 0 Å². The standard InChI is InChI=1S/C19H29N3O5/c1-4-20-8-6-19(7-9-20)15(14(3)17(24)27-19)16(23)21-10-12-22(13-11-21)18(25)26-5-2/h4-13H2,1-3H3. The first kappa shape index (κ1) is 19.7. The Kier molecular flexibility index (Phi) is 5.74. The lowest BCUT2D eigenvalue weighted by molar-refractivity contribution is -0.151. The van der Waals surface area contributed by atoms with E-state index in [1.807, 2.05) is 0 Å². The number of ether oxygens (including phenoxy) is 2. The Morgan fingerprint density at radius 2 is 1.63 bits per heavy atom. The molecule has 2 amide bonds. The summed E-state index contributed by atoms with van der Waals surface area (Å²) in [7, 11) is 0. The molecule has 150 valence electrons. The molecular weight excluding hydrogens is 350 g/mol. The molecule has 3 rings (SSSR count).